The van der Waals surface area contributed by atoms with E-state index in [2.05, 4.69) is 39.4 Å². The predicted molar refractivity (Wildman–Crippen MR) is 149 cm³/mol. The van der Waals surface area contributed by atoms with E-state index in [1.807, 2.05) is 30.3 Å². The third-order valence-corrected chi connectivity index (χ3v) is 7.72. The van der Waals surface area contributed by atoms with Gasteiger partial charge in [-0.05, 0) is 67.1 Å². The maximum Gasteiger partial charge on any atom is 0.416 e. The fourth-order valence-electron chi connectivity index (χ4n) is 5.64. The van der Waals surface area contributed by atoms with E-state index in [9.17, 15) is 22.4 Å². The summed E-state index contributed by atoms with van der Waals surface area (Å²) in [6.45, 7) is 4.90. The predicted octanol–water partition coefficient (Wildman–Crippen LogP) is 7.14. The normalized spacial score (nSPS) is 16.8. The molecule has 212 valence electrons. The average Bonchev–Trinajstić information content (AvgIpc) is 3.48. The number of hydrogen-bond acceptors (Lipinski definition) is 3. The molecule has 3 aromatic carbocycles. The van der Waals surface area contributed by atoms with Gasteiger partial charge in [0.05, 0.1) is 5.56 Å². The van der Waals surface area contributed by atoms with E-state index < -0.39 is 23.6 Å². The van der Waals surface area contributed by atoms with Crippen LogP contribution in [0.4, 0.5) is 33.7 Å². The summed E-state index contributed by atoms with van der Waals surface area (Å²) in [7, 11) is 0. The van der Waals surface area contributed by atoms with Crippen molar-refractivity contribution < 1.29 is 22.4 Å². The molecule has 0 saturated carbocycles. The second-order valence-electron chi connectivity index (χ2n) is 10.6. The smallest absolute Gasteiger partial charge is 0.372 e. The standard InChI is InChI=1S/C31H34F4N4O/c32-26-18-25(31(33,34)35)19-27(20-26)36-30(40)39(22-23-7-2-1-3-8-23)28-11-15-37(16-12-28)21-24-9-6-10-29(17-24)38-13-4-5-14-38/h1-3,6-10,17-20,28H,4-5,11-16,21-22H2,(H,36,40). The molecule has 0 aliphatic carbocycles. The highest BCUT2D eigenvalue weighted by atomic mass is 19.4. The maximum absolute atomic E-state index is 14.0. The van der Waals surface area contributed by atoms with Crippen LogP contribution in [0.5, 0.6) is 0 Å². The Morgan fingerprint density at radius 1 is 0.875 bits per heavy atom. The van der Waals surface area contributed by atoms with Crippen LogP contribution in [0.2, 0.25) is 0 Å². The minimum absolute atomic E-state index is 0.108. The third kappa shape index (κ3) is 7.13. The van der Waals surface area contributed by atoms with Crippen molar-refractivity contribution >= 4 is 17.4 Å². The van der Waals surface area contributed by atoms with E-state index in [4.69, 9.17) is 0 Å². The number of carbonyl (C=O) groups excluding carboxylic acids is 1. The lowest BCUT2D eigenvalue weighted by atomic mass is 10.0. The van der Waals surface area contributed by atoms with Crippen molar-refractivity contribution in [2.24, 2.45) is 0 Å². The zero-order valence-corrected chi connectivity index (χ0v) is 22.3. The van der Waals surface area contributed by atoms with Gasteiger partial charge in [0.25, 0.3) is 0 Å². The van der Waals surface area contributed by atoms with Gasteiger partial charge in [0.15, 0.2) is 0 Å². The van der Waals surface area contributed by atoms with E-state index in [0.717, 1.165) is 63.3 Å². The fourth-order valence-corrected chi connectivity index (χ4v) is 5.64. The van der Waals surface area contributed by atoms with Crippen LogP contribution in [0.1, 0.15) is 42.4 Å². The number of anilines is 2. The Kier molecular flexibility index (Phi) is 8.59. The molecule has 2 heterocycles. The van der Waals surface area contributed by atoms with Crippen molar-refractivity contribution in [2.75, 3.05) is 36.4 Å². The zero-order chi connectivity index (χ0) is 28.1. The van der Waals surface area contributed by atoms with Crippen molar-refractivity contribution in [3.05, 3.63) is 95.3 Å². The maximum atomic E-state index is 14.0. The van der Waals surface area contributed by atoms with E-state index >= 15 is 0 Å². The van der Waals surface area contributed by atoms with Crippen molar-refractivity contribution in [3.63, 3.8) is 0 Å². The first-order chi connectivity index (χ1) is 19.2. The summed E-state index contributed by atoms with van der Waals surface area (Å²) in [4.78, 5) is 19.9. The summed E-state index contributed by atoms with van der Waals surface area (Å²) in [6, 6.07) is 19.6. The Labute approximate surface area is 232 Å². The number of piperidine rings is 1. The fraction of sp³-hybridized carbons (Fsp3) is 0.387. The lowest BCUT2D eigenvalue weighted by molar-refractivity contribution is -0.137. The quantitative estimate of drug-likeness (QED) is 0.316. The molecule has 40 heavy (non-hydrogen) atoms. The number of urea groups is 1. The van der Waals surface area contributed by atoms with E-state index in [1.165, 1.54) is 24.1 Å². The van der Waals surface area contributed by atoms with Crippen molar-refractivity contribution in [1.82, 2.24) is 9.80 Å². The highest BCUT2D eigenvalue weighted by Gasteiger charge is 2.32. The molecule has 2 amide bonds. The highest BCUT2D eigenvalue weighted by Crippen LogP contribution is 2.32. The van der Waals surface area contributed by atoms with Crippen LogP contribution in [0.15, 0.2) is 72.8 Å². The Morgan fingerprint density at radius 2 is 1.57 bits per heavy atom. The SMILES string of the molecule is O=C(Nc1cc(F)cc(C(F)(F)F)c1)N(Cc1ccccc1)C1CCN(Cc2cccc(N3CCCC3)c2)CC1. The molecular formula is C31H34F4N4O. The molecule has 0 radical (unpaired) electrons. The number of likely N-dealkylation sites (tertiary alicyclic amines) is 1. The van der Waals surface area contributed by atoms with Crippen LogP contribution in [-0.2, 0) is 19.3 Å². The zero-order valence-electron chi connectivity index (χ0n) is 22.3. The van der Waals surface area contributed by atoms with E-state index in [0.29, 0.717) is 12.6 Å². The molecule has 2 aliphatic rings. The first-order valence-electron chi connectivity index (χ1n) is 13.8. The number of carbonyl (C=O) groups is 1. The van der Waals surface area contributed by atoms with Crippen molar-refractivity contribution in [3.8, 4) is 0 Å². The van der Waals surface area contributed by atoms with Gasteiger partial charge in [-0.25, -0.2) is 9.18 Å². The van der Waals surface area contributed by atoms with Gasteiger partial charge < -0.3 is 15.1 Å². The topological polar surface area (TPSA) is 38.8 Å². The summed E-state index contributed by atoms with van der Waals surface area (Å²) in [6.07, 6.45) is -0.806. The van der Waals surface area contributed by atoms with Gasteiger partial charge in [-0.15, -0.1) is 0 Å². The number of hydrogen-bond donors (Lipinski definition) is 1. The highest BCUT2D eigenvalue weighted by molar-refractivity contribution is 5.89. The van der Waals surface area contributed by atoms with Crippen LogP contribution in [0, 0.1) is 5.82 Å². The molecule has 0 aromatic heterocycles. The second kappa shape index (κ2) is 12.3. The minimum atomic E-state index is -4.72. The van der Waals surface area contributed by atoms with E-state index in [1.54, 1.807) is 4.90 Å². The molecule has 2 saturated heterocycles. The monoisotopic (exact) mass is 554 g/mol. The number of halogens is 4. The first-order valence-corrected chi connectivity index (χ1v) is 13.8. The molecule has 5 nitrogen and oxygen atoms in total. The van der Waals surface area contributed by atoms with Crippen LogP contribution < -0.4 is 10.2 Å². The number of nitrogens with zero attached hydrogens (tertiary/aromatic N) is 3. The molecular weight excluding hydrogens is 520 g/mol. The summed E-state index contributed by atoms with van der Waals surface area (Å²) >= 11 is 0. The molecule has 1 N–H and O–H groups in total. The first kappa shape index (κ1) is 28.0. The van der Waals surface area contributed by atoms with Gasteiger partial charge in [0, 0.05) is 56.7 Å². The van der Waals surface area contributed by atoms with Gasteiger partial charge >= 0.3 is 12.2 Å². The largest absolute Gasteiger partial charge is 0.416 e. The van der Waals surface area contributed by atoms with Gasteiger partial charge in [-0.3, -0.25) is 4.90 Å². The second-order valence-corrected chi connectivity index (χ2v) is 10.6. The Bertz CT molecular complexity index is 1290. The lowest BCUT2D eigenvalue weighted by Gasteiger charge is -2.38. The van der Waals surface area contributed by atoms with Gasteiger partial charge in [-0.1, -0.05) is 42.5 Å². The van der Waals surface area contributed by atoms with E-state index in [-0.39, 0.29) is 11.7 Å². The molecule has 9 heteroatoms. The van der Waals surface area contributed by atoms with Gasteiger partial charge in [-0.2, -0.15) is 13.2 Å². The summed E-state index contributed by atoms with van der Waals surface area (Å²) in [5.74, 6) is -1.05. The lowest BCUT2D eigenvalue weighted by Crippen LogP contribution is -2.48. The molecule has 0 atom stereocenters. The van der Waals surface area contributed by atoms with Crippen LogP contribution in [0.3, 0.4) is 0 Å². The molecule has 2 fully saturated rings. The van der Waals surface area contributed by atoms with Crippen LogP contribution in [-0.4, -0.2) is 48.1 Å². The molecule has 2 aliphatic heterocycles. The molecule has 5 rings (SSSR count). The van der Waals surface area contributed by atoms with Crippen LogP contribution in [0.25, 0.3) is 0 Å². The number of alkyl halides is 3. The minimum Gasteiger partial charge on any atom is -0.372 e. The molecule has 0 spiro atoms. The number of nitrogens with one attached hydrogen (secondary N) is 1. The number of amides is 2. The van der Waals surface area contributed by atoms with Crippen molar-refractivity contribution in [2.45, 2.75) is 51.0 Å². The third-order valence-electron chi connectivity index (χ3n) is 7.72. The number of benzene rings is 3. The molecule has 3 aromatic rings. The Hall–Kier alpha value is -3.59. The average molecular weight is 555 g/mol. The summed E-state index contributed by atoms with van der Waals surface area (Å²) in [5.41, 5.74) is 2.08. The van der Waals surface area contributed by atoms with Gasteiger partial charge in [0.1, 0.15) is 5.82 Å². The molecule has 0 unspecified atom stereocenters. The Balaban J connectivity index is 1.26. The van der Waals surface area contributed by atoms with Gasteiger partial charge in [0.2, 0.25) is 0 Å². The van der Waals surface area contributed by atoms with Crippen molar-refractivity contribution in [1.29, 1.82) is 0 Å². The summed E-state index contributed by atoms with van der Waals surface area (Å²) < 4.78 is 53.6. The summed E-state index contributed by atoms with van der Waals surface area (Å²) in [5, 5.41) is 2.53. The van der Waals surface area contributed by atoms with Crippen LogP contribution >= 0.6 is 0 Å². The Morgan fingerprint density at radius 3 is 2.27 bits per heavy atom. The molecule has 0 bridgehead atoms. The number of rotatable bonds is 7.